The number of fused-ring (bicyclic) bond motifs is 2. The number of Topliss-reactive ketones (excluding diaryl/α,β-unsaturated/α-hetero) is 1. The van der Waals surface area contributed by atoms with Gasteiger partial charge in [-0.15, -0.1) is 0 Å². The predicted molar refractivity (Wildman–Crippen MR) is 104 cm³/mol. The lowest BCUT2D eigenvalue weighted by Crippen LogP contribution is -2.42. The van der Waals surface area contributed by atoms with Gasteiger partial charge in [0.05, 0.1) is 11.2 Å². The van der Waals surface area contributed by atoms with Crippen molar-refractivity contribution in [3.63, 3.8) is 0 Å². The van der Waals surface area contributed by atoms with Crippen LogP contribution in [0, 0.1) is 5.92 Å². The average molecular weight is 355 g/mol. The number of carbonyl (C=O) groups is 1. The molecule has 1 aromatic carbocycles. The number of benzene rings is 1. The molecule has 0 aliphatic carbocycles. The highest BCUT2D eigenvalue weighted by molar-refractivity contribution is 6.62. The van der Waals surface area contributed by atoms with E-state index < -0.39 is 7.12 Å². The summed E-state index contributed by atoms with van der Waals surface area (Å²) in [5.74, 6) is 0.436. The van der Waals surface area contributed by atoms with Crippen molar-refractivity contribution in [1.82, 2.24) is 4.90 Å². The number of ketones is 1. The Hall–Kier alpha value is -1.17. The second-order valence-electron chi connectivity index (χ2n) is 9.30. The topological polar surface area (TPSA) is 38.8 Å². The van der Waals surface area contributed by atoms with Crippen molar-refractivity contribution < 1.29 is 14.1 Å². The van der Waals surface area contributed by atoms with Crippen LogP contribution in [0.2, 0.25) is 0 Å². The quantitative estimate of drug-likeness (QED) is 0.617. The van der Waals surface area contributed by atoms with Crippen LogP contribution in [0.25, 0.3) is 0 Å². The van der Waals surface area contributed by atoms with Crippen molar-refractivity contribution in [2.24, 2.45) is 5.92 Å². The SMILES string of the molecule is CN1C2CCC1CC(C(=O)c1cccc(B3OC(C)(C)C(C)(C)O3)c1)C2. The van der Waals surface area contributed by atoms with Gasteiger partial charge in [-0.1, -0.05) is 24.3 Å². The first-order valence-electron chi connectivity index (χ1n) is 9.90. The first-order valence-corrected chi connectivity index (χ1v) is 9.90. The molecular formula is C21H30BNO3. The third-order valence-electron chi connectivity index (χ3n) is 7.17. The number of rotatable bonds is 3. The van der Waals surface area contributed by atoms with E-state index in [9.17, 15) is 4.79 Å². The second kappa shape index (κ2) is 6.18. The van der Waals surface area contributed by atoms with Gasteiger partial charge in [-0.05, 0) is 65.9 Å². The third kappa shape index (κ3) is 2.94. The molecule has 0 aromatic heterocycles. The first kappa shape index (κ1) is 18.2. The van der Waals surface area contributed by atoms with Crippen LogP contribution in [0.4, 0.5) is 0 Å². The molecule has 2 bridgehead atoms. The molecule has 3 aliphatic rings. The molecule has 3 fully saturated rings. The summed E-state index contributed by atoms with van der Waals surface area (Å²) in [5.41, 5.74) is 0.993. The molecule has 2 unspecified atom stereocenters. The van der Waals surface area contributed by atoms with Crippen molar-refractivity contribution >= 4 is 18.4 Å². The summed E-state index contributed by atoms with van der Waals surface area (Å²) < 4.78 is 12.3. The molecule has 0 spiro atoms. The van der Waals surface area contributed by atoms with E-state index in [4.69, 9.17) is 9.31 Å². The fourth-order valence-corrected chi connectivity index (χ4v) is 4.68. The van der Waals surface area contributed by atoms with Gasteiger partial charge in [0.15, 0.2) is 5.78 Å². The van der Waals surface area contributed by atoms with Crippen LogP contribution < -0.4 is 5.46 Å². The number of nitrogens with zero attached hydrogens (tertiary/aromatic N) is 1. The summed E-state index contributed by atoms with van der Waals surface area (Å²) in [6.45, 7) is 8.21. The van der Waals surface area contributed by atoms with Crippen molar-refractivity contribution in [3.05, 3.63) is 29.8 Å². The Balaban J connectivity index is 1.53. The highest BCUT2D eigenvalue weighted by Gasteiger charge is 2.51. The average Bonchev–Trinajstić information content (AvgIpc) is 2.92. The summed E-state index contributed by atoms with van der Waals surface area (Å²) in [5, 5.41) is 0. The molecule has 3 saturated heterocycles. The highest BCUT2D eigenvalue weighted by Crippen LogP contribution is 2.39. The summed E-state index contributed by atoms with van der Waals surface area (Å²) in [6.07, 6.45) is 4.46. The lowest BCUT2D eigenvalue weighted by Gasteiger charge is -2.35. The fourth-order valence-electron chi connectivity index (χ4n) is 4.68. The van der Waals surface area contributed by atoms with Gasteiger partial charge in [-0.3, -0.25) is 4.79 Å². The molecule has 0 amide bonds. The number of hydrogen-bond acceptors (Lipinski definition) is 4. The van der Waals surface area contributed by atoms with E-state index in [-0.39, 0.29) is 22.9 Å². The Kier molecular flexibility index (Phi) is 4.33. The van der Waals surface area contributed by atoms with Gasteiger partial charge in [-0.25, -0.2) is 0 Å². The minimum atomic E-state index is -0.415. The molecular weight excluding hydrogens is 325 g/mol. The molecule has 0 radical (unpaired) electrons. The first-order chi connectivity index (χ1) is 12.2. The molecule has 3 heterocycles. The molecule has 1 aromatic rings. The standard InChI is InChI=1S/C21H30BNO3/c1-20(2)21(3,4)26-22(25-20)16-8-6-7-14(11-16)19(24)15-12-17-9-10-18(13-15)23(17)5/h6-8,11,15,17-18H,9-10,12-13H2,1-5H3. The lowest BCUT2D eigenvalue weighted by atomic mass is 9.77. The summed E-state index contributed by atoms with van der Waals surface area (Å²) in [7, 11) is 1.79. The van der Waals surface area contributed by atoms with Crippen LogP contribution in [0.5, 0.6) is 0 Å². The zero-order valence-corrected chi connectivity index (χ0v) is 16.6. The summed E-state index contributed by atoms with van der Waals surface area (Å²) in [6, 6.07) is 9.03. The van der Waals surface area contributed by atoms with Gasteiger partial charge in [0.1, 0.15) is 0 Å². The zero-order valence-electron chi connectivity index (χ0n) is 16.6. The monoisotopic (exact) mass is 355 g/mol. The smallest absolute Gasteiger partial charge is 0.399 e. The molecule has 26 heavy (non-hydrogen) atoms. The molecule has 4 rings (SSSR count). The van der Waals surface area contributed by atoms with Gasteiger partial charge in [-0.2, -0.15) is 0 Å². The van der Waals surface area contributed by atoms with E-state index in [1.54, 1.807) is 0 Å². The Bertz CT molecular complexity index is 687. The summed E-state index contributed by atoms with van der Waals surface area (Å²) in [4.78, 5) is 15.6. The van der Waals surface area contributed by atoms with Crippen LogP contribution in [0.1, 0.15) is 63.7 Å². The maximum absolute atomic E-state index is 13.1. The molecule has 3 aliphatic heterocycles. The maximum Gasteiger partial charge on any atom is 0.494 e. The second-order valence-corrected chi connectivity index (χ2v) is 9.30. The van der Waals surface area contributed by atoms with Crippen molar-refractivity contribution in [3.8, 4) is 0 Å². The maximum atomic E-state index is 13.1. The van der Waals surface area contributed by atoms with Gasteiger partial charge in [0, 0.05) is 23.6 Å². The Morgan fingerprint density at radius 3 is 2.23 bits per heavy atom. The lowest BCUT2D eigenvalue weighted by molar-refractivity contribution is 0.00578. The van der Waals surface area contributed by atoms with Crippen molar-refractivity contribution in [2.45, 2.75) is 76.7 Å². The molecule has 5 heteroatoms. The van der Waals surface area contributed by atoms with Crippen molar-refractivity contribution in [1.29, 1.82) is 0 Å². The number of hydrogen-bond donors (Lipinski definition) is 0. The predicted octanol–water partition coefficient (Wildman–Crippen LogP) is 3.04. The molecule has 140 valence electrons. The van der Waals surface area contributed by atoms with E-state index in [2.05, 4.69) is 39.6 Å². The van der Waals surface area contributed by atoms with E-state index in [1.165, 1.54) is 12.8 Å². The zero-order chi connectivity index (χ0) is 18.7. The molecule has 0 saturated carbocycles. The van der Waals surface area contributed by atoms with Gasteiger partial charge in [0.25, 0.3) is 0 Å². The van der Waals surface area contributed by atoms with Crippen LogP contribution in [0.15, 0.2) is 24.3 Å². The van der Waals surface area contributed by atoms with E-state index in [0.717, 1.165) is 23.9 Å². The van der Waals surface area contributed by atoms with Gasteiger partial charge in [0.2, 0.25) is 0 Å². The third-order valence-corrected chi connectivity index (χ3v) is 7.17. The molecule has 0 N–H and O–H groups in total. The van der Waals surface area contributed by atoms with E-state index in [0.29, 0.717) is 12.1 Å². The van der Waals surface area contributed by atoms with Crippen LogP contribution in [-0.4, -0.2) is 48.1 Å². The van der Waals surface area contributed by atoms with Crippen LogP contribution in [-0.2, 0) is 9.31 Å². The number of carbonyl (C=O) groups excluding carboxylic acids is 1. The fraction of sp³-hybridized carbons (Fsp3) is 0.667. The number of piperidine rings is 1. The van der Waals surface area contributed by atoms with Crippen LogP contribution >= 0.6 is 0 Å². The van der Waals surface area contributed by atoms with E-state index in [1.807, 2.05) is 24.3 Å². The highest BCUT2D eigenvalue weighted by atomic mass is 16.7. The minimum Gasteiger partial charge on any atom is -0.399 e. The van der Waals surface area contributed by atoms with Crippen molar-refractivity contribution in [2.75, 3.05) is 7.05 Å². The van der Waals surface area contributed by atoms with Gasteiger partial charge >= 0.3 is 7.12 Å². The Morgan fingerprint density at radius 2 is 1.65 bits per heavy atom. The molecule has 4 nitrogen and oxygen atoms in total. The van der Waals surface area contributed by atoms with Crippen LogP contribution in [0.3, 0.4) is 0 Å². The normalized spacial score (nSPS) is 32.8. The summed E-state index contributed by atoms with van der Waals surface area (Å²) >= 11 is 0. The minimum absolute atomic E-state index is 0.150. The van der Waals surface area contributed by atoms with E-state index >= 15 is 0 Å². The Morgan fingerprint density at radius 1 is 1.08 bits per heavy atom. The molecule has 2 atom stereocenters. The van der Waals surface area contributed by atoms with Gasteiger partial charge < -0.3 is 14.2 Å². The Labute approximate surface area is 157 Å². The largest absolute Gasteiger partial charge is 0.494 e.